The van der Waals surface area contributed by atoms with Crippen LogP contribution < -0.4 is 10.6 Å². The summed E-state index contributed by atoms with van der Waals surface area (Å²) < 4.78 is 0. The van der Waals surface area contributed by atoms with E-state index in [-0.39, 0.29) is 29.9 Å². The van der Waals surface area contributed by atoms with Gasteiger partial charge in [0.25, 0.3) is 0 Å². The highest BCUT2D eigenvalue weighted by molar-refractivity contribution is 14.0. The molecule has 26 heavy (non-hydrogen) atoms. The second-order valence-corrected chi connectivity index (χ2v) is 7.06. The summed E-state index contributed by atoms with van der Waals surface area (Å²) in [6.07, 6.45) is 2.81. The Morgan fingerprint density at radius 3 is 2.73 bits per heavy atom. The number of carbonyl (C=O) groups is 1. The highest BCUT2D eigenvalue weighted by Gasteiger charge is 2.37. The summed E-state index contributed by atoms with van der Waals surface area (Å²) in [5.74, 6) is 2.45. The summed E-state index contributed by atoms with van der Waals surface area (Å²) in [7, 11) is 0. The fourth-order valence-electron chi connectivity index (χ4n) is 3.61. The van der Waals surface area contributed by atoms with E-state index in [0.717, 1.165) is 38.6 Å². The Labute approximate surface area is 174 Å². The second kappa shape index (κ2) is 10.1. The minimum Gasteiger partial charge on any atom is -0.357 e. The van der Waals surface area contributed by atoms with Gasteiger partial charge in [-0.15, -0.1) is 24.0 Å². The first-order valence-electron chi connectivity index (χ1n) is 9.58. The molecule has 2 N–H and O–H groups in total. The average Bonchev–Trinajstić information content (AvgIpc) is 3.28. The zero-order chi connectivity index (χ0) is 17.6. The molecule has 5 nitrogen and oxygen atoms in total. The zero-order valence-corrected chi connectivity index (χ0v) is 18.1. The molecule has 2 fully saturated rings. The molecular weight excluding hydrogens is 439 g/mol. The van der Waals surface area contributed by atoms with Crippen molar-refractivity contribution in [2.24, 2.45) is 10.9 Å². The van der Waals surface area contributed by atoms with Gasteiger partial charge in [0.1, 0.15) is 0 Å². The van der Waals surface area contributed by atoms with E-state index in [1.165, 1.54) is 12.0 Å². The minimum absolute atomic E-state index is 0. The van der Waals surface area contributed by atoms with E-state index in [4.69, 9.17) is 4.99 Å². The quantitative estimate of drug-likeness (QED) is 0.382. The summed E-state index contributed by atoms with van der Waals surface area (Å²) in [6.45, 7) is 7.35. The van der Waals surface area contributed by atoms with Crippen LogP contribution in [0.25, 0.3) is 0 Å². The van der Waals surface area contributed by atoms with Crippen LogP contribution in [0.1, 0.15) is 44.6 Å². The molecule has 3 rings (SSSR count). The first kappa shape index (κ1) is 21.0. The lowest BCUT2D eigenvalue weighted by atomic mass is 10.1. The fraction of sp³-hybridized carbons (Fsp3) is 0.600. The van der Waals surface area contributed by atoms with Gasteiger partial charge in [-0.25, -0.2) is 0 Å². The molecule has 0 bridgehead atoms. The van der Waals surface area contributed by atoms with E-state index in [1.54, 1.807) is 0 Å². The standard InChI is InChI=1S/C20H30N4O.HI/c1-3-19(25)24-11-10-17(14-24)23-20(21-4-2)22-13-16-12-18(16)15-8-6-5-7-9-15;/h5-9,16-18H,3-4,10-14H2,1-2H3,(H2,21,22,23);1H. The highest BCUT2D eigenvalue weighted by atomic mass is 127. The lowest BCUT2D eigenvalue weighted by Crippen LogP contribution is -2.45. The molecule has 6 heteroatoms. The summed E-state index contributed by atoms with van der Waals surface area (Å²) in [4.78, 5) is 18.6. The number of amides is 1. The van der Waals surface area contributed by atoms with Crippen molar-refractivity contribution in [1.29, 1.82) is 0 Å². The van der Waals surface area contributed by atoms with Crippen LogP contribution in [0.15, 0.2) is 35.3 Å². The van der Waals surface area contributed by atoms with Crippen molar-refractivity contribution >= 4 is 35.8 Å². The third kappa shape index (κ3) is 5.59. The lowest BCUT2D eigenvalue weighted by Gasteiger charge is -2.18. The molecule has 1 saturated carbocycles. The van der Waals surface area contributed by atoms with Crippen molar-refractivity contribution in [1.82, 2.24) is 15.5 Å². The Morgan fingerprint density at radius 1 is 1.27 bits per heavy atom. The number of benzene rings is 1. The number of nitrogens with one attached hydrogen (secondary N) is 2. The van der Waals surface area contributed by atoms with Crippen LogP contribution in [0.5, 0.6) is 0 Å². The summed E-state index contributed by atoms with van der Waals surface area (Å²) in [5, 5.41) is 6.85. The molecule has 0 radical (unpaired) electrons. The molecule has 2 aliphatic rings. The molecule has 1 heterocycles. The van der Waals surface area contributed by atoms with Crippen LogP contribution in [-0.2, 0) is 4.79 Å². The molecule has 144 valence electrons. The van der Waals surface area contributed by atoms with Crippen molar-refractivity contribution in [2.45, 2.75) is 45.1 Å². The van der Waals surface area contributed by atoms with E-state index in [0.29, 0.717) is 24.3 Å². The third-order valence-corrected chi connectivity index (χ3v) is 5.16. The maximum atomic E-state index is 11.8. The van der Waals surface area contributed by atoms with Gasteiger partial charge < -0.3 is 15.5 Å². The van der Waals surface area contributed by atoms with Crippen LogP contribution in [0.2, 0.25) is 0 Å². The lowest BCUT2D eigenvalue weighted by molar-refractivity contribution is -0.129. The maximum Gasteiger partial charge on any atom is 0.222 e. The van der Waals surface area contributed by atoms with Gasteiger partial charge in [0.15, 0.2) is 5.96 Å². The molecule has 3 unspecified atom stereocenters. The smallest absolute Gasteiger partial charge is 0.222 e. The van der Waals surface area contributed by atoms with Gasteiger partial charge >= 0.3 is 0 Å². The maximum absolute atomic E-state index is 11.8. The Balaban J connectivity index is 0.00000243. The summed E-state index contributed by atoms with van der Waals surface area (Å²) in [6, 6.07) is 11.0. The molecule has 1 aliphatic carbocycles. The van der Waals surface area contributed by atoms with Crippen molar-refractivity contribution in [2.75, 3.05) is 26.2 Å². The van der Waals surface area contributed by atoms with Gasteiger partial charge in [-0.1, -0.05) is 37.3 Å². The first-order chi connectivity index (χ1) is 12.2. The fourth-order valence-corrected chi connectivity index (χ4v) is 3.61. The van der Waals surface area contributed by atoms with Crippen LogP contribution >= 0.6 is 24.0 Å². The van der Waals surface area contributed by atoms with Crippen LogP contribution in [0, 0.1) is 5.92 Å². The highest BCUT2D eigenvalue weighted by Crippen LogP contribution is 2.47. The van der Waals surface area contributed by atoms with Gasteiger partial charge in [0, 0.05) is 38.6 Å². The van der Waals surface area contributed by atoms with E-state index < -0.39 is 0 Å². The Morgan fingerprint density at radius 2 is 2.04 bits per heavy atom. The number of nitrogens with zero attached hydrogens (tertiary/aromatic N) is 2. The topological polar surface area (TPSA) is 56.7 Å². The summed E-state index contributed by atoms with van der Waals surface area (Å²) >= 11 is 0. The predicted molar refractivity (Wildman–Crippen MR) is 117 cm³/mol. The summed E-state index contributed by atoms with van der Waals surface area (Å²) in [5.41, 5.74) is 1.44. The average molecular weight is 470 g/mol. The normalized spacial score (nSPS) is 24.8. The van der Waals surface area contributed by atoms with Crippen LogP contribution in [0.4, 0.5) is 0 Å². The van der Waals surface area contributed by atoms with Crippen molar-refractivity contribution < 1.29 is 4.79 Å². The van der Waals surface area contributed by atoms with E-state index >= 15 is 0 Å². The van der Waals surface area contributed by atoms with Crippen molar-refractivity contribution in [3.8, 4) is 0 Å². The number of hydrogen-bond donors (Lipinski definition) is 2. The molecule has 1 aromatic carbocycles. The van der Waals surface area contributed by atoms with Gasteiger partial charge in [0.05, 0.1) is 0 Å². The van der Waals surface area contributed by atoms with Crippen molar-refractivity contribution in [3.05, 3.63) is 35.9 Å². The van der Waals surface area contributed by atoms with Gasteiger partial charge in [-0.3, -0.25) is 9.79 Å². The van der Waals surface area contributed by atoms with Crippen LogP contribution in [0.3, 0.4) is 0 Å². The van der Waals surface area contributed by atoms with Gasteiger partial charge in [-0.2, -0.15) is 0 Å². The van der Waals surface area contributed by atoms with Gasteiger partial charge in [0.2, 0.25) is 5.91 Å². The molecule has 0 spiro atoms. The molecule has 1 saturated heterocycles. The van der Waals surface area contributed by atoms with E-state index in [2.05, 4.69) is 47.9 Å². The number of likely N-dealkylation sites (tertiary alicyclic amines) is 1. The van der Waals surface area contributed by atoms with E-state index in [1.807, 2.05) is 11.8 Å². The van der Waals surface area contributed by atoms with Crippen molar-refractivity contribution in [3.63, 3.8) is 0 Å². The second-order valence-electron chi connectivity index (χ2n) is 7.06. The number of aliphatic imine (C=N–C) groups is 1. The first-order valence-corrected chi connectivity index (χ1v) is 9.58. The number of rotatable bonds is 6. The molecule has 1 aromatic rings. The molecule has 1 aliphatic heterocycles. The van der Waals surface area contributed by atoms with Crippen LogP contribution in [-0.4, -0.2) is 49.0 Å². The predicted octanol–water partition coefficient (Wildman–Crippen LogP) is 2.97. The molecule has 1 amide bonds. The number of halogens is 1. The molecule has 0 aromatic heterocycles. The van der Waals surface area contributed by atoms with E-state index in [9.17, 15) is 4.79 Å². The molecule has 3 atom stereocenters. The minimum atomic E-state index is 0. The molecular formula is C20H31IN4O. The largest absolute Gasteiger partial charge is 0.357 e. The van der Waals surface area contributed by atoms with Gasteiger partial charge in [-0.05, 0) is 37.2 Å². The monoisotopic (exact) mass is 470 g/mol. The third-order valence-electron chi connectivity index (χ3n) is 5.16. The number of guanidine groups is 1. The zero-order valence-electron chi connectivity index (χ0n) is 15.8. The Hall–Kier alpha value is -1.31. The number of hydrogen-bond acceptors (Lipinski definition) is 2. The Kier molecular flexibility index (Phi) is 8.18. The SMILES string of the molecule is CCNC(=NCC1CC1c1ccccc1)NC1CCN(C(=O)CC)C1.I. The number of carbonyl (C=O) groups excluding carboxylic acids is 1. The Bertz CT molecular complexity index is 607.